The second-order valence-corrected chi connectivity index (χ2v) is 7.39. The van der Waals surface area contributed by atoms with Crippen molar-refractivity contribution in [2.45, 2.75) is 44.6 Å². The maximum Gasteiger partial charge on any atom is 0.244 e. The van der Waals surface area contributed by atoms with Gasteiger partial charge in [0.1, 0.15) is 0 Å². The maximum atomic E-state index is 12.7. The van der Waals surface area contributed by atoms with Crippen molar-refractivity contribution in [3.8, 4) is 0 Å². The highest BCUT2D eigenvalue weighted by atomic mass is 32.2. The molecule has 5 nitrogen and oxygen atoms in total. The molecule has 0 amide bonds. The van der Waals surface area contributed by atoms with E-state index in [4.69, 9.17) is 0 Å². The summed E-state index contributed by atoms with van der Waals surface area (Å²) in [7, 11) is -3.35. The van der Waals surface area contributed by atoms with Crippen LogP contribution >= 0.6 is 0 Å². The minimum absolute atomic E-state index is 0.388. The summed E-state index contributed by atoms with van der Waals surface area (Å²) in [6.45, 7) is 6.85. The topological polar surface area (TPSA) is 65.2 Å². The highest BCUT2D eigenvalue weighted by Gasteiger charge is 2.31. The zero-order valence-corrected chi connectivity index (χ0v) is 13.2. The molecule has 0 radical (unpaired) electrons. The molecule has 0 bridgehead atoms. The van der Waals surface area contributed by atoms with E-state index in [-0.39, 0.29) is 0 Å². The molecule has 1 fully saturated rings. The third kappa shape index (κ3) is 3.84. The fourth-order valence-corrected chi connectivity index (χ4v) is 3.85. The molecule has 1 saturated carbocycles. The fourth-order valence-electron chi connectivity index (χ4n) is 2.23. The average Bonchev–Trinajstić information content (AvgIpc) is 3.10. The lowest BCUT2D eigenvalue weighted by atomic mass is 10.4. The van der Waals surface area contributed by atoms with E-state index >= 15 is 0 Å². The lowest BCUT2D eigenvalue weighted by Gasteiger charge is -2.20. The molecule has 20 heavy (non-hydrogen) atoms. The van der Waals surface area contributed by atoms with E-state index in [9.17, 15) is 8.42 Å². The number of hydrogen-bond donors (Lipinski definition) is 2. The average molecular weight is 299 g/mol. The fraction of sp³-hybridized carbons (Fsp3) is 0.714. The summed E-state index contributed by atoms with van der Waals surface area (Å²) in [6, 6.07) is 1.74. The number of sulfonamides is 1. The molecule has 114 valence electrons. The van der Waals surface area contributed by atoms with Crippen LogP contribution in [-0.2, 0) is 16.6 Å². The lowest BCUT2D eigenvalue weighted by molar-refractivity contribution is 0.396. The Morgan fingerprint density at radius 3 is 2.75 bits per heavy atom. The summed E-state index contributed by atoms with van der Waals surface area (Å²) in [5.74, 6) is 0.566. The SMILES string of the molecule is CCCN(CC1CC1)S(=O)(=O)c1c[nH]c(CNCC)c1. The van der Waals surface area contributed by atoms with Crippen molar-refractivity contribution in [1.29, 1.82) is 0 Å². The summed E-state index contributed by atoms with van der Waals surface area (Å²) in [5, 5.41) is 3.19. The van der Waals surface area contributed by atoms with Crippen molar-refractivity contribution < 1.29 is 8.42 Å². The van der Waals surface area contributed by atoms with Crippen molar-refractivity contribution >= 4 is 10.0 Å². The standard InChI is InChI=1S/C14H25N3O2S/c1-3-7-17(11-12-5-6-12)20(18,19)14-8-13(16-10-14)9-15-4-2/h8,10,12,15-16H,3-7,9,11H2,1-2H3. The highest BCUT2D eigenvalue weighted by molar-refractivity contribution is 7.89. The van der Waals surface area contributed by atoms with Crippen molar-refractivity contribution in [2.24, 2.45) is 5.92 Å². The maximum absolute atomic E-state index is 12.7. The van der Waals surface area contributed by atoms with Crippen molar-refractivity contribution in [3.05, 3.63) is 18.0 Å². The summed E-state index contributed by atoms with van der Waals surface area (Å²) in [5.41, 5.74) is 0.910. The van der Waals surface area contributed by atoms with Crippen molar-refractivity contribution in [3.63, 3.8) is 0 Å². The smallest absolute Gasteiger partial charge is 0.244 e. The van der Waals surface area contributed by atoms with Gasteiger partial charge in [-0.1, -0.05) is 13.8 Å². The van der Waals surface area contributed by atoms with Crippen LogP contribution in [0.3, 0.4) is 0 Å². The van der Waals surface area contributed by atoms with Crippen molar-refractivity contribution in [2.75, 3.05) is 19.6 Å². The normalized spacial score (nSPS) is 15.9. The van der Waals surface area contributed by atoms with E-state index in [2.05, 4.69) is 10.3 Å². The van der Waals surface area contributed by atoms with E-state index in [1.54, 1.807) is 16.6 Å². The van der Waals surface area contributed by atoms with E-state index in [1.807, 2.05) is 13.8 Å². The molecule has 1 aliphatic rings. The number of aromatic amines is 1. The summed E-state index contributed by atoms with van der Waals surface area (Å²) in [6.07, 6.45) is 4.78. The van der Waals surface area contributed by atoms with Gasteiger partial charge in [-0.05, 0) is 37.8 Å². The van der Waals surface area contributed by atoms with Gasteiger partial charge in [-0.3, -0.25) is 0 Å². The highest BCUT2D eigenvalue weighted by Crippen LogP contribution is 2.31. The van der Waals surface area contributed by atoms with Gasteiger partial charge in [0.05, 0.1) is 4.90 Å². The van der Waals surface area contributed by atoms with Gasteiger partial charge in [0, 0.05) is 31.5 Å². The van der Waals surface area contributed by atoms with Crippen LogP contribution in [0.4, 0.5) is 0 Å². The third-order valence-corrected chi connectivity index (χ3v) is 5.39. The third-order valence-electron chi connectivity index (χ3n) is 3.55. The van der Waals surface area contributed by atoms with Crippen LogP contribution in [-0.4, -0.2) is 37.3 Å². The molecular formula is C14H25N3O2S. The lowest BCUT2D eigenvalue weighted by Crippen LogP contribution is -2.33. The van der Waals surface area contributed by atoms with Crippen LogP contribution in [0.15, 0.2) is 17.2 Å². The molecule has 2 rings (SSSR count). The minimum Gasteiger partial charge on any atom is -0.363 e. The van der Waals surface area contributed by atoms with Gasteiger partial charge in [0.25, 0.3) is 0 Å². The second-order valence-electron chi connectivity index (χ2n) is 5.45. The van der Waals surface area contributed by atoms with Gasteiger partial charge in [-0.2, -0.15) is 4.31 Å². The molecule has 0 spiro atoms. The van der Waals surface area contributed by atoms with E-state index in [1.165, 1.54) is 0 Å². The number of hydrogen-bond acceptors (Lipinski definition) is 3. The molecule has 1 heterocycles. The molecule has 6 heteroatoms. The van der Waals surface area contributed by atoms with Gasteiger partial charge in [-0.25, -0.2) is 8.42 Å². The van der Waals surface area contributed by atoms with Crippen LogP contribution in [0.2, 0.25) is 0 Å². The Morgan fingerprint density at radius 2 is 2.15 bits per heavy atom. The number of rotatable bonds is 9. The molecule has 1 aromatic rings. The summed E-state index contributed by atoms with van der Waals surface area (Å²) in [4.78, 5) is 3.43. The summed E-state index contributed by atoms with van der Waals surface area (Å²) >= 11 is 0. The summed E-state index contributed by atoms with van der Waals surface area (Å²) < 4.78 is 27.0. The monoisotopic (exact) mass is 299 g/mol. The second kappa shape index (κ2) is 6.74. The van der Waals surface area contributed by atoms with Gasteiger partial charge < -0.3 is 10.3 Å². The molecular weight excluding hydrogens is 274 g/mol. The number of nitrogens with zero attached hydrogens (tertiary/aromatic N) is 1. The molecule has 0 aromatic carbocycles. The van der Waals surface area contributed by atoms with Gasteiger partial charge >= 0.3 is 0 Å². The van der Waals surface area contributed by atoms with Crippen LogP contribution in [0.1, 0.15) is 38.8 Å². The molecule has 0 aliphatic heterocycles. The van der Waals surface area contributed by atoms with Gasteiger partial charge in [0.15, 0.2) is 0 Å². The molecule has 0 unspecified atom stereocenters. The van der Waals surface area contributed by atoms with E-state index in [0.29, 0.717) is 30.4 Å². The van der Waals surface area contributed by atoms with Crippen LogP contribution in [0, 0.1) is 5.92 Å². The molecule has 0 atom stereocenters. The number of H-pyrrole nitrogens is 1. The zero-order valence-electron chi connectivity index (χ0n) is 12.4. The number of nitrogens with one attached hydrogen (secondary N) is 2. The Hall–Kier alpha value is -0.850. The van der Waals surface area contributed by atoms with E-state index < -0.39 is 10.0 Å². The first-order valence-electron chi connectivity index (χ1n) is 7.46. The van der Waals surface area contributed by atoms with Gasteiger partial charge in [-0.15, -0.1) is 0 Å². The Kier molecular flexibility index (Phi) is 5.23. The first kappa shape index (κ1) is 15.5. The Labute approximate surface area is 121 Å². The Morgan fingerprint density at radius 1 is 1.40 bits per heavy atom. The Balaban J connectivity index is 2.11. The number of aromatic nitrogens is 1. The zero-order chi connectivity index (χ0) is 14.6. The molecule has 2 N–H and O–H groups in total. The van der Waals surface area contributed by atoms with Gasteiger partial charge in [0.2, 0.25) is 10.0 Å². The van der Waals surface area contributed by atoms with Crippen LogP contribution in [0.5, 0.6) is 0 Å². The minimum atomic E-state index is -3.35. The van der Waals surface area contributed by atoms with Crippen LogP contribution < -0.4 is 5.32 Å². The predicted molar refractivity (Wildman–Crippen MR) is 79.9 cm³/mol. The van der Waals surface area contributed by atoms with Crippen molar-refractivity contribution in [1.82, 2.24) is 14.6 Å². The largest absolute Gasteiger partial charge is 0.363 e. The first-order chi connectivity index (χ1) is 9.57. The van der Waals surface area contributed by atoms with Crippen LogP contribution in [0.25, 0.3) is 0 Å². The van der Waals surface area contributed by atoms with E-state index in [0.717, 1.165) is 31.5 Å². The quantitative estimate of drug-likeness (QED) is 0.732. The predicted octanol–water partition coefficient (Wildman–Crippen LogP) is 1.93. The first-order valence-corrected chi connectivity index (χ1v) is 8.90. The molecule has 1 aliphatic carbocycles. The molecule has 1 aromatic heterocycles. The Bertz CT molecular complexity index is 520. The molecule has 0 saturated heterocycles.